The van der Waals surface area contributed by atoms with Crippen LogP contribution in [0.25, 0.3) is 0 Å². The van der Waals surface area contributed by atoms with Gasteiger partial charge in [0.1, 0.15) is 0 Å². The monoisotopic (exact) mass is 193 g/mol. The first kappa shape index (κ1) is 9.71. The van der Waals surface area contributed by atoms with Gasteiger partial charge in [-0.3, -0.25) is 0 Å². The maximum absolute atomic E-state index is 5.91. The zero-order chi connectivity index (χ0) is 10.1. The fraction of sp³-hybridized carbons (Fsp3) is 0.727. The van der Waals surface area contributed by atoms with E-state index in [4.69, 9.17) is 5.73 Å². The summed E-state index contributed by atoms with van der Waals surface area (Å²) in [5, 5.41) is 0. The number of rotatable bonds is 2. The summed E-state index contributed by atoms with van der Waals surface area (Å²) in [6.07, 6.45) is 7.78. The summed E-state index contributed by atoms with van der Waals surface area (Å²) in [6, 6.07) is 0.712. The molecule has 3 heteroatoms. The molecule has 14 heavy (non-hydrogen) atoms. The Kier molecular flexibility index (Phi) is 2.59. The molecule has 2 N–H and O–H groups in total. The van der Waals surface area contributed by atoms with Crippen molar-refractivity contribution < 1.29 is 0 Å². The van der Waals surface area contributed by atoms with Gasteiger partial charge in [-0.25, -0.2) is 4.98 Å². The summed E-state index contributed by atoms with van der Waals surface area (Å²) < 4.78 is 2.28. The first-order valence-electron chi connectivity index (χ1n) is 5.47. The Labute approximate surface area is 85.3 Å². The van der Waals surface area contributed by atoms with Crippen LogP contribution in [-0.4, -0.2) is 9.55 Å². The summed E-state index contributed by atoms with van der Waals surface area (Å²) >= 11 is 0. The lowest BCUT2D eigenvalue weighted by atomic mass is 10.1. The average Bonchev–Trinajstić information content (AvgIpc) is 2.70. The van der Waals surface area contributed by atoms with Gasteiger partial charge in [0.25, 0.3) is 0 Å². The topological polar surface area (TPSA) is 43.8 Å². The van der Waals surface area contributed by atoms with Gasteiger partial charge in [0.2, 0.25) is 0 Å². The SMILES string of the molecule is CC(N)c1cncn1C1CCCC1C. The van der Waals surface area contributed by atoms with Crippen LogP contribution in [0.15, 0.2) is 12.5 Å². The molecule has 1 saturated carbocycles. The summed E-state index contributed by atoms with van der Waals surface area (Å²) in [5.41, 5.74) is 7.08. The normalized spacial score (nSPS) is 29.4. The van der Waals surface area contributed by atoms with E-state index in [1.165, 1.54) is 25.0 Å². The molecule has 2 rings (SSSR count). The van der Waals surface area contributed by atoms with Crippen LogP contribution in [0.2, 0.25) is 0 Å². The smallest absolute Gasteiger partial charge is 0.0951 e. The molecular formula is C11H19N3. The highest BCUT2D eigenvalue weighted by Gasteiger charge is 2.26. The molecule has 0 aromatic carbocycles. The van der Waals surface area contributed by atoms with Gasteiger partial charge in [-0.2, -0.15) is 0 Å². The predicted octanol–water partition coefficient (Wildman–Crippen LogP) is 2.26. The summed E-state index contributed by atoms with van der Waals surface area (Å²) in [5.74, 6) is 0.765. The Morgan fingerprint density at radius 2 is 2.36 bits per heavy atom. The third kappa shape index (κ3) is 1.57. The van der Waals surface area contributed by atoms with Crippen molar-refractivity contribution in [2.45, 2.75) is 45.2 Å². The average molecular weight is 193 g/mol. The molecule has 1 heterocycles. The third-order valence-corrected chi connectivity index (χ3v) is 3.34. The molecule has 1 aromatic heterocycles. The minimum Gasteiger partial charge on any atom is -0.330 e. The van der Waals surface area contributed by atoms with Gasteiger partial charge >= 0.3 is 0 Å². The van der Waals surface area contributed by atoms with E-state index >= 15 is 0 Å². The van der Waals surface area contributed by atoms with Crippen LogP contribution in [-0.2, 0) is 0 Å². The van der Waals surface area contributed by atoms with Crippen LogP contribution in [0.3, 0.4) is 0 Å². The van der Waals surface area contributed by atoms with Gasteiger partial charge in [0.15, 0.2) is 0 Å². The highest BCUT2D eigenvalue weighted by atomic mass is 15.1. The zero-order valence-electron chi connectivity index (χ0n) is 8.98. The van der Waals surface area contributed by atoms with Crippen LogP contribution < -0.4 is 5.73 Å². The van der Waals surface area contributed by atoms with Crippen molar-refractivity contribution in [2.24, 2.45) is 11.7 Å². The van der Waals surface area contributed by atoms with E-state index in [1.54, 1.807) is 0 Å². The zero-order valence-corrected chi connectivity index (χ0v) is 8.98. The van der Waals surface area contributed by atoms with Crippen molar-refractivity contribution in [2.75, 3.05) is 0 Å². The van der Waals surface area contributed by atoms with Crippen molar-refractivity contribution in [3.8, 4) is 0 Å². The van der Waals surface area contributed by atoms with Crippen LogP contribution >= 0.6 is 0 Å². The fourth-order valence-electron chi connectivity index (χ4n) is 2.48. The lowest BCUT2D eigenvalue weighted by molar-refractivity contribution is 0.392. The maximum Gasteiger partial charge on any atom is 0.0951 e. The van der Waals surface area contributed by atoms with Gasteiger partial charge in [-0.1, -0.05) is 13.3 Å². The van der Waals surface area contributed by atoms with Crippen LogP contribution in [0, 0.1) is 5.92 Å². The number of nitrogens with two attached hydrogens (primary N) is 1. The highest BCUT2D eigenvalue weighted by Crippen LogP contribution is 2.36. The van der Waals surface area contributed by atoms with Gasteiger partial charge in [-0.05, 0) is 25.7 Å². The van der Waals surface area contributed by atoms with Crippen LogP contribution in [0.5, 0.6) is 0 Å². The lowest BCUT2D eigenvalue weighted by Gasteiger charge is -2.21. The predicted molar refractivity (Wildman–Crippen MR) is 56.9 cm³/mol. The first-order valence-corrected chi connectivity index (χ1v) is 5.47. The quantitative estimate of drug-likeness (QED) is 0.783. The number of aromatic nitrogens is 2. The minimum atomic E-state index is 0.0882. The van der Waals surface area contributed by atoms with Crippen molar-refractivity contribution >= 4 is 0 Å². The molecule has 0 bridgehead atoms. The van der Waals surface area contributed by atoms with Crippen molar-refractivity contribution in [3.05, 3.63) is 18.2 Å². The second kappa shape index (κ2) is 3.73. The lowest BCUT2D eigenvalue weighted by Crippen LogP contribution is -2.17. The fourth-order valence-corrected chi connectivity index (χ4v) is 2.48. The largest absolute Gasteiger partial charge is 0.330 e. The molecule has 0 spiro atoms. The Morgan fingerprint density at radius 3 is 2.93 bits per heavy atom. The first-order chi connectivity index (χ1) is 6.70. The van der Waals surface area contributed by atoms with E-state index in [2.05, 4.69) is 16.5 Å². The van der Waals surface area contributed by atoms with Crippen molar-refractivity contribution in [1.82, 2.24) is 9.55 Å². The molecule has 1 aromatic rings. The van der Waals surface area contributed by atoms with E-state index in [-0.39, 0.29) is 6.04 Å². The highest BCUT2D eigenvalue weighted by molar-refractivity contribution is 5.06. The Hall–Kier alpha value is -0.830. The van der Waals surface area contributed by atoms with E-state index in [0.717, 1.165) is 5.92 Å². The molecule has 3 atom stereocenters. The van der Waals surface area contributed by atoms with Crippen molar-refractivity contribution in [1.29, 1.82) is 0 Å². The van der Waals surface area contributed by atoms with Gasteiger partial charge in [0, 0.05) is 18.3 Å². The van der Waals surface area contributed by atoms with Gasteiger partial charge in [-0.15, -0.1) is 0 Å². The van der Waals surface area contributed by atoms with E-state index in [9.17, 15) is 0 Å². The Balaban J connectivity index is 2.26. The van der Waals surface area contributed by atoms with Gasteiger partial charge in [0.05, 0.1) is 12.0 Å². The standard InChI is InChI=1S/C11H19N3/c1-8-4-3-5-10(8)14-7-13-6-11(14)9(2)12/h6-10H,3-5,12H2,1-2H3. The summed E-state index contributed by atoms with van der Waals surface area (Å²) in [7, 11) is 0. The second-order valence-electron chi connectivity index (χ2n) is 4.49. The Morgan fingerprint density at radius 1 is 1.57 bits per heavy atom. The minimum absolute atomic E-state index is 0.0882. The molecule has 3 unspecified atom stereocenters. The summed E-state index contributed by atoms with van der Waals surface area (Å²) in [4.78, 5) is 4.21. The molecule has 78 valence electrons. The maximum atomic E-state index is 5.91. The number of imidazole rings is 1. The van der Waals surface area contributed by atoms with Crippen LogP contribution in [0.4, 0.5) is 0 Å². The Bertz CT molecular complexity index is 303. The number of hydrogen-bond acceptors (Lipinski definition) is 2. The van der Waals surface area contributed by atoms with Crippen LogP contribution in [0.1, 0.15) is 50.9 Å². The number of nitrogens with zero attached hydrogens (tertiary/aromatic N) is 2. The molecule has 1 fully saturated rings. The molecule has 3 nitrogen and oxygen atoms in total. The van der Waals surface area contributed by atoms with Crippen molar-refractivity contribution in [3.63, 3.8) is 0 Å². The van der Waals surface area contributed by atoms with E-state index in [0.29, 0.717) is 6.04 Å². The molecule has 0 aliphatic heterocycles. The molecule has 0 radical (unpaired) electrons. The molecule has 0 amide bonds. The summed E-state index contributed by atoms with van der Waals surface area (Å²) in [6.45, 7) is 4.34. The number of hydrogen-bond donors (Lipinski definition) is 1. The van der Waals surface area contributed by atoms with E-state index in [1.807, 2.05) is 19.4 Å². The molecular weight excluding hydrogens is 174 g/mol. The molecule has 0 saturated heterocycles. The second-order valence-corrected chi connectivity index (χ2v) is 4.49. The molecule has 1 aliphatic rings. The van der Waals surface area contributed by atoms with Gasteiger partial charge < -0.3 is 10.3 Å². The third-order valence-electron chi connectivity index (χ3n) is 3.34. The molecule has 1 aliphatic carbocycles. The van der Waals surface area contributed by atoms with E-state index < -0.39 is 0 Å².